The molecule has 0 aromatic heterocycles. The van der Waals surface area contributed by atoms with E-state index in [9.17, 15) is 13.5 Å². The Balaban J connectivity index is 2.29. The van der Waals surface area contributed by atoms with Crippen LogP contribution in [0.2, 0.25) is 0 Å². The van der Waals surface area contributed by atoms with Crippen LogP contribution in [0.4, 0.5) is 0 Å². The monoisotopic (exact) mass is 254 g/mol. The summed E-state index contributed by atoms with van der Waals surface area (Å²) in [7, 11) is -3.21. The van der Waals surface area contributed by atoms with Crippen molar-refractivity contribution in [3.05, 3.63) is 34.9 Å². The Morgan fingerprint density at radius 1 is 1.24 bits per heavy atom. The lowest BCUT2D eigenvalue weighted by atomic mass is 10.0. The maximum atomic E-state index is 11.4. The summed E-state index contributed by atoms with van der Waals surface area (Å²) in [5.74, 6) is 0. The highest BCUT2D eigenvalue weighted by atomic mass is 32.2. The van der Waals surface area contributed by atoms with Crippen molar-refractivity contribution in [1.29, 1.82) is 0 Å². The molecule has 0 aliphatic heterocycles. The van der Waals surface area contributed by atoms with Gasteiger partial charge in [-0.1, -0.05) is 18.2 Å². The van der Waals surface area contributed by atoms with E-state index >= 15 is 0 Å². The topological polar surface area (TPSA) is 54.4 Å². The van der Waals surface area contributed by atoms with Crippen molar-refractivity contribution < 1.29 is 13.5 Å². The third-order valence-electron chi connectivity index (χ3n) is 3.58. The predicted molar refractivity (Wildman–Crippen MR) is 67.7 cm³/mol. The van der Waals surface area contributed by atoms with Gasteiger partial charge in [0.2, 0.25) is 0 Å². The van der Waals surface area contributed by atoms with Crippen LogP contribution in [0.15, 0.2) is 18.2 Å². The number of hydrogen-bond acceptors (Lipinski definition) is 3. The van der Waals surface area contributed by atoms with E-state index in [0.717, 1.165) is 25.5 Å². The van der Waals surface area contributed by atoms with Gasteiger partial charge in [-0.05, 0) is 42.9 Å². The SMILES string of the molecule is CC(C(O)c1ccc2c(c1)CCC2)S(C)(=O)=O. The molecule has 0 amide bonds. The van der Waals surface area contributed by atoms with E-state index in [2.05, 4.69) is 0 Å². The normalized spacial score (nSPS) is 18.8. The molecule has 0 bridgehead atoms. The van der Waals surface area contributed by atoms with Crippen molar-refractivity contribution >= 4 is 9.84 Å². The standard InChI is InChI=1S/C13H18O3S/c1-9(17(2,15)16)13(14)12-7-6-10-4-3-5-11(10)8-12/h6-9,13-14H,3-5H2,1-2H3. The maximum absolute atomic E-state index is 11.4. The van der Waals surface area contributed by atoms with Gasteiger partial charge in [0.15, 0.2) is 9.84 Å². The number of aliphatic hydroxyl groups excluding tert-OH is 1. The maximum Gasteiger partial charge on any atom is 0.152 e. The highest BCUT2D eigenvalue weighted by Crippen LogP contribution is 2.28. The molecular weight excluding hydrogens is 236 g/mol. The molecule has 1 N–H and O–H groups in total. The Morgan fingerprint density at radius 3 is 2.53 bits per heavy atom. The molecule has 0 saturated heterocycles. The number of aliphatic hydroxyl groups is 1. The Bertz CT molecular complexity index is 519. The number of fused-ring (bicyclic) bond motifs is 1. The summed E-state index contributed by atoms with van der Waals surface area (Å²) in [6.07, 6.45) is 3.50. The Kier molecular flexibility index (Phi) is 3.27. The third-order valence-corrected chi connectivity index (χ3v) is 5.19. The molecule has 1 aromatic rings. The fraction of sp³-hybridized carbons (Fsp3) is 0.538. The lowest BCUT2D eigenvalue weighted by Crippen LogP contribution is -2.24. The van der Waals surface area contributed by atoms with Crippen molar-refractivity contribution in [2.75, 3.05) is 6.26 Å². The van der Waals surface area contributed by atoms with Gasteiger partial charge in [-0.2, -0.15) is 0 Å². The first-order valence-corrected chi connectivity index (χ1v) is 7.83. The van der Waals surface area contributed by atoms with Crippen LogP contribution in [-0.4, -0.2) is 25.0 Å². The first-order valence-electron chi connectivity index (χ1n) is 5.88. The fourth-order valence-electron chi connectivity index (χ4n) is 2.28. The lowest BCUT2D eigenvalue weighted by molar-refractivity contribution is 0.176. The minimum Gasteiger partial charge on any atom is -0.387 e. The highest BCUT2D eigenvalue weighted by molar-refractivity contribution is 7.91. The Hall–Kier alpha value is -0.870. The van der Waals surface area contributed by atoms with Crippen LogP contribution in [0.5, 0.6) is 0 Å². The Morgan fingerprint density at radius 2 is 1.88 bits per heavy atom. The summed E-state index contributed by atoms with van der Waals surface area (Å²) in [6, 6.07) is 5.81. The van der Waals surface area contributed by atoms with Gasteiger partial charge in [-0.3, -0.25) is 0 Å². The summed E-state index contributed by atoms with van der Waals surface area (Å²) in [5, 5.41) is 9.31. The highest BCUT2D eigenvalue weighted by Gasteiger charge is 2.26. The summed E-state index contributed by atoms with van der Waals surface area (Å²) in [4.78, 5) is 0. The van der Waals surface area contributed by atoms with Gasteiger partial charge < -0.3 is 5.11 Å². The summed E-state index contributed by atoms with van der Waals surface area (Å²) in [5.41, 5.74) is 3.29. The zero-order valence-corrected chi connectivity index (χ0v) is 11.0. The van der Waals surface area contributed by atoms with Crippen molar-refractivity contribution in [2.45, 2.75) is 37.5 Å². The van der Waals surface area contributed by atoms with Gasteiger partial charge in [0, 0.05) is 6.26 Å². The van der Waals surface area contributed by atoms with E-state index in [1.807, 2.05) is 18.2 Å². The minimum atomic E-state index is -3.21. The molecule has 1 aromatic carbocycles. The first-order chi connectivity index (χ1) is 7.89. The molecule has 0 spiro atoms. The molecule has 3 nitrogen and oxygen atoms in total. The quantitative estimate of drug-likeness (QED) is 0.892. The number of aryl methyl sites for hydroxylation is 2. The number of rotatable bonds is 3. The van der Waals surface area contributed by atoms with E-state index in [4.69, 9.17) is 0 Å². The molecule has 0 saturated carbocycles. The molecule has 17 heavy (non-hydrogen) atoms. The van der Waals surface area contributed by atoms with Crippen LogP contribution >= 0.6 is 0 Å². The second kappa shape index (κ2) is 4.42. The van der Waals surface area contributed by atoms with Crippen molar-refractivity contribution in [3.8, 4) is 0 Å². The van der Waals surface area contributed by atoms with E-state index < -0.39 is 21.2 Å². The van der Waals surface area contributed by atoms with Crippen LogP contribution in [0, 0.1) is 0 Å². The molecule has 0 radical (unpaired) electrons. The molecule has 2 unspecified atom stereocenters. The average molecular weight is 254 g/mol. The smallest absolute Gasteiger partial charge is 0.152 e. The van der Waals surface area contributed by atoms with Gasteiger partial charge in [0.25, 0.3) is 0 Å². The Labute approximate surface area is 102 Å². The van der Waals surface area contributed by atoms with Crippen LogP contribution < -0.4 is 0 Å². The zero-order chi connectivity index (χ0) is 12.6. The molecule has 1 aliphatic rings. The second-order valence-electron chi connectivity index (χ2n) is 4.86. The van der Waals surface area contributed by atoms with Crippen LogP contribution in [0.3, 0.4) is 0 Å². The van der Waals surface area contributed by atoms with E-state index in [-0.39, 0.29) is 0 Å². The lowest BCUT2D eigenvalue weighted by Gasteiger charge is -2.18. The molecule has 0 fully saturated rings. The molecular formula is C13H18O3S. The number of benzene rings is 1. The van der Waals surface area contributed by atoms with Crippen molar-refractivity contribution in [2.24, 2.45) is 0 Å². The molecule has 94 valence electrons. The molecule has 1 aliphatic carbocycles. The van der Waals surface area contributed by atoms with E-state index in [1.54, 1.807) is 6.92 Å². The zero-order valence-electron chi connectivity index (χ0n) is 10.2. The molecule has 0 heterocycles. The first kappa shape index (κ1) is 12.6. The number of sulfone groups is 1. The van der Waals surface area contributed by atoms with Gasteiger partial charge >= 0.3 is 0 Å². The molecule has 2 rings (SSSR count). The van der Waals surface area contributed by atoms with E-state index in [0.29, 0.717) is 5.56 Å². The summed E-state index contributed by atoms with van der Waals surface area (Å²) >= 11 is 0. The van der Waals surface area contributed by atoms with Gasteiger partial charge in [-0.25, -0.2) is 8.42 Å². The molecule has 4 heteroatoms. The van der Waals surface area contributed by atoms with Crippen LogP contribution in [0.1, 0.15) is 36.1 Å². The van der Waals surface area contributed by atoms with E-state index in [1.165, 1.54) is 11.1 Å². The minimum absolute atomic E-state index is 0.712. The third kappa shape index (κ3) is 2.53. The molecule has 2 atom stereocenters. The fourth-order valence-corrected chi connectivity index (χ4v) is 2.91. The van der Waals surface area contributed by atoms with Crippen molar-refractivity contribution in [1.82, 2.24) is 0 Å². The second-order valence-corrected chi connectivity index (χ2v) is 7.26. The van der Waals surface area contributed by atoms with Gasteiger partial charge in [-0.15, -0.1) is 0 Å². The average Bonchev–Trinajstić information content (AvgIpc) is 2.72. The summed E-state index contributed by atoms with van der Waals surface area (Å²) in [6.45, 7) is 1.55. The van der Waals surface area contributed by atoms with Crippen LogP contribution in [0.25, 0.3) is 0 Å². The largest absolute Gasteiger partial charge is 0.387 e. The van der Waals surface area contributed by atoms with Crippen molar-refractivity contribution in [3.63, 3.8) is 0 Å². The van der Waals surface area contributed by atoms with Crippen LogP contribution in [-0.2, 0) is 22.7 Å². The van der Waals surface area contributed by atoms with Gasteiger partial charge in [0.05, 0.1) is 11.4 Å². The predicted octanol–water partition coefficient (Wildman–Crippen LogP) is 1.64. The summed E-state index contributed by atoms with van der Waals surface area (Å²) < 4.78 is 22.8. The van der Waals surface area contributed by atoms with Gasteiger partial charge in [0.1, 0.15) is 0 Å². The number of hydrogen-bond donors (Lipinski definition) is 1.